The number of nitrogens with one attached hydrogen (secondary N) is 1. The number of carbonyl (C=O) groups excluding carboxylic acids is 1. The Morgan fingerprint density at radius 2 is 1.48 bits per heavy atom. The van der Waals surface area contributed by atoms with Gasteiger partial charge < -0.3 is 4.74 Å². The average Bonchev–Trinajstić information content (AvgIpc) is 2.93. The SMILES string of the molecule is Cc1nc(C(C)(C)C(=O)OC2C(C(C)(C)C)CC(C)CC2C(C)(C)C)n[nH]1. The number of esters is 1. The van der Waals surface area contributed by atoms with Crippen molar-refractivity contribution in [1.82, 2.24) is 15.2 Å². The van der Waals surface area contributed by atoms with Gasteiger partial charge in [-0.25, -0.2) is 4.98 Å². The normalized spacial score (nSPS) is 27.5. The first-order valence-corrected chi connectivity index (χ1v) is 10.2. The van der Waals surface area contributed by atoms with E-state index in [0.29, 0.717) is 29.4 Å². The summed E-state index contributed by atoms with van der Waals surface area (Å²) in [5.74, 6) is 2.27. The van der Waals surface area contributed by atoms with E-state index in [-0.39, 0.29) is 22.9 Å². The van der Waals surface area contributed by atoms with E-state index in [4.69, 9.17) is 4.74 Å². The summed E-state index contributed by atoms with van der Waals surface area (Å²) >= 11 is 0. The molecule has 0 bridgehead atoms. The van der Waals surface area contributed by atoms with Crippen LogP contribution >= 0.6 is 0 Å². The molecule has 0 spiro atoms. The number of hydrogen-bond donors (Lipinski definition) is 1. The highest BCUT2D eigenvalue weighted by Gasteiger charge is 2.49. The van der Waals surface area contributed by atoms with Crippen LogP contribution in [-0.2, 0) is 14.9 Å². The second kappa shape index (κ2) is 7.21. The molecule has 1 aliphatic rings. The summed E-state index contributed by atoms with van der Waals surface area (Å²) in [6.07, 6.45) is 2.09. The molecular weight excluding hydrogens is 338 g/mol. The maximum atomic E-state index is 13.3. The van der Waals surface area contributed by atoms with Crippen molar-refractivity contribution in [3.63, 3.8) is 0 Å². The molecular formula is C22H39N3O2. The molecule has 154 valence electrons. The van der Waals surface area contributed by atoms with Crippen molar-refractivity contribution in [2.24, 2.45) is 28.6 Å². The zero-order valence-corrected chi connectivity index (χ0v) is 18.9. The lowest BCUT2D eigenvalue weighted by molar-refractivity contribution is -0.175. The average molecular weight is 378 g/mol. The number of aromatic nitrogens is 3. The highest BCUT2D eigenvalue weighted by molar-refractivity contribution is 5.81. The van der Waals surface area contributed by atoms with Crippen LogP contribution in [0.25, 0.3) is 0 Å². The van der Waals surface area contributed by atoms with Gasteiger partial charge in [0, 0.05) is 11.8 Å². The quantitative estimate of drug-likeness (QED) is 0.748. The first kappa shape index (κ1) is 21.9. The zero-order valence-electron chi connectivity index (χ0n) is 18.9. The first-order valence-electron chi connectivity index (χ1n) is 10.2. The minimum absolute atomic E-state index is 0.0778. The van der Waals surface area contributed by atoms with Crippen LogP contribution in [0.15, 0.2) is 0 Å². The number of aryl methyl sites for hydroxylation is 1. The number of rotatable bonds is 3. The summed E-state index contributed by atoms with van der Waals surface area (Å²) in [5, 5.41) is 7.05. The van der Waals surface area contributed by atoms with E-state index in [0.717, 1.165) is 12.8 Å². The van der Waals surface area contributed by atoms with Gasteiger partial charge in [-0.15, -0.1) is 0 Å². The molecule has 2 rings (SSSR count). The van der Waals surface area contributed by atoms with Gasteiger partial charge in [0.05, 0.1) is 0 Å². The predicted octanol–water partition coefficient (Wildman–Crippen LogP) is 5.06. The van der Waals surface area contributed by atoms with Gasteiger partial charge in [0.15, 0.2) is 5.82 Å². The van der Waals surface area contributed by atoms with Crippen LogP contribution in [0.1, 0.15) is 86.8 Å². The fraction of sp³-hybridized carbons (Fsp3) is 0.864. The van der Waals surface area contributed by atoms with Crippen LogP contribution in [0.3, 0.4) is 0 Å². The Bertz CT molecular complexity index is 640. The van der Waals surface area contributed by atoms with E-state index >= 15 is 0 Å². The Hall–Kier alpha value is -1.39. The third kappa shape index (κ3) is 4.72. The third-order valence-electron chi connectivity index (χ3n) is 6.24. The molecule has 0 radical (unpaired) electrons. The summed E-state index contributed by atoms with van der Waals surface area (Å²) in [7, 11) is 0. The van der Waals surface area contributed by atoms with Crippen LogP contribution in [0.4, 0.5) is 0 Å². The minimum Gasteiger partial charge on any atom is -0.461 e. The van der Waals surface area contributed by atoms with Crippen molar-refractivity contribution in [1.29, 1.82) is 0 Å². The zero-order chi connectivity index (χ0) is 20.8. The van der Waals surface area contributed by atoms with E-state index in [2.05, 4.69) is 63.6 Å². The molecule has 0 aromatic carbocycles. The minimum atomic E-state index is -0.876. The van der Waals surface area contributed by atoms with E-state index in [1.165, 1.54) is 0 Å². The lowest BCUT2D eigenvalue weighted by atomic mass is 9.59. The summed E-state index contributed by atoms with van der Waals surface area (Å²) in [5.41, 5.74) is -0.721. The van der Waals surface area contributed by atoms with Gasteiger partial charge in [-0.3, -0.25) is 9.89 Å². The topological polar surface area (TPSA) is 67.9 Å². The van der Waals surface area contributed by atoms with Crippen molar-refractivity contribution in [3.8, 4) is 0 Å². The number of nitrogens with zero attached hydrogens (tertiary/aromatic N) is 2. The molecule has 1 N–H and O–H groups in total. The third-order valence-corrected chi connectivity index (χ3v) is 6.24. The Balaban J connectivity index is 2.36. The van der Waals surface area contributed by atoms with E-state index in [1.807, 2.05) is 20.8 Å². The van der Waals surface area contributed by atoms with Crippen LogP contribution in [0, 0.1) is 35.5 Å². The Morgan fingerprint density at radius 1 is 1.00 bits per heavy atom. The highest BCUT2D eigenvalue weighted by atomic mass is 16.5. The van der Waals surface area contributed by atoms with E-state index in [9.17, 15) is 4.79 Å². The van der Waals surface area contributed by atoms with Crippen LogP contribution < -0.4 is 0 Å². The van der Waals surface area contributed by atoms with E-state index in [1.54, 1.807) is 0 Å². The predicted molar refractivity (Wildman–Crippen MR) is 108 cm³/mol. The van der Waals surface area contributed by atoms with Crippen molar-refractivity contribution in [2.75, 3.05) is 0 Å². The fourth-order valence-electron chi connectivity index (χ4n) is 4.35. The molecule has 1 aromatic rings. The Labute approximate surface area is 165 Å². The number of H-pyrrole nitrogens is 1. The summed E-state index contributed by atoms with van der Waals surface area (Å²) < 4.78 is 6.31. The molecule has 27 heavy (non-hydrogen) atoms. The van der Waals surface area contributed by atoms with Gasteiger partial charge >= 0.3 is 5.97 Å². The molecule has 5 nitrogen and oxygen atoms in total. The van der Waals surface area contributed by atoms with Gasteiger partial charge in [-0.2, -0.15) is 5.10 Å². The Kier molecular flexibility index (Phi) is 5.85. The second-order valence-corrected chi connectivity index (χ2v) is 11.3. The molecule has 1 fully saturated rings. The molecule has 1 aromatic heterocycles. The first-order chi connectivity index (χ1) is 12.1. The molecule has 1 saturated carbocycles. The van der Waals surface area contributed by atoms with Crippen molar-refractivity contribution < 1.29 is 9.53 Å². The van der Waals surface area contributed by atoms with Gasteiger partial charge in [0.1, 0.15) is 17.3 Å². The molecule has 1 aliphatic carbocycles. The number of hydrogen-bond acceptors (Lipinski definition) is 4. The number of aromatic amines is 1. The lowest BCUT2D eigenvalue weighted by Crippen LogP contribution is -2.51. The highest BCUT2D eigenvalue weighted by Crippen LogP contribution is 2.50. The van der Waals surface area contributed by atoms with Crippen molar-refractivity contribution >= 4 is 5.97 Å². The van der Waals surface area contributed by atoms with Crippen LogP contribution in [-0.4, -0.2) is 27.3 Å². The van der Waals surface area contributed by atoms with Crippen molar-refractivity contribution in [2.45, 2.75) is 93.6 Å². The molecule has 5 heteroatoms. The largest absolute Gasteiger partial charge is 0.461 e. The summed E-state index contributed by atoms with van der Waals surface area (Å²) in [4.78, 5) is 17.6. The molecule has 0 saturated heterocycles. The van der Waals surface area contributed by atoms with Crippen LogP contribution in [0.5, 0.6) is 0 Å². The summed E-state index contributed by atoms with van der Waals surface area (Å²) in [6, 6.07) is 0. The Morgan fingerprint density at radius 3 is 1.85 bits per heavy atom. The van der Waals surface area contributed by atoms with Crippen molar-refractivity contribution in [3.05, 3.63) is 11.6 Å². The molecule has 2 unspecified atom stereocenters. The molecule has 2 atom stereocenters. The molecule has 0 aliphatic heterocycles. The second-order valence-electron chi connectivity index (χ2n) is 11.3. The molecule has 0 amide bonds. The smallest absolute Gasteiger partial charge is 0.319 e. The standard InChI is InChI=1S/C22H39N3O2/c1-13-11-15(20(3,4)5)17(16(12-13)21(6,7)8)27-19(26)22(9,10)18-23-14(2)24-25-18/h13,15-17H,11-12H2,1-10H3,(H,23,24,25). The number of ether oxygens (including phenoxy) is 1. The van der Waals surface area contributed by atoms with Crippen LogP contribution in [0.2, 0.25) is 0 Å². The monoisotopic (exact) mass is 377 g/mol. The van der Waals surface area contributed by atoms with Gasteiger partial charge in [-0.05, 0) is 50.4 Å². The van der Waals surface area contributed by atoms with E-state index < -0.39 is 5.41 Å². The van der Waals surface area contributed by atoms with Gasteiger partial charge in [0.25, 0.3) is 0 Å². The van der Waals surface area contributed by atoms with Gasteiger partial charge in [-0.1, -0.05) is 48.5 Å². The lowest BCUT2D eigenvalue weighted by Gasteiger charge is -2.50. The maximum Gasteiger partial charge on any atom is 0.319 e. The summed E-state index contributed by atoms with van der Waals surface area (Å²) in [6.45, 7) is 21.4. The molecule has 1 heterocycles. The fourth-order valence-corrected chi connectivity index (χ4v) is 4.35. The maximum absolute atomic E-state index is 13.3. The van der Waals surface area contributed by atoms with Gasteiger partial charge in [0.2, 0.25) is 0 Å². The number of carbonyl (C=O) groups is 1.